The van der Waals surface area contributed by atoms with E-state index < -0.39 is 5.60 Å². The second kappa shape index (κ2) is 9.19. The highest BCUT2D eigenvalue weighted by Crippen LogP contribution is 2.35. The maximum Gasteiger partial charge on any atom is 0.410 e. The maximum atomic E-state index is 12.3. The highest BCUT2D eigenvalue weighted by atomic mass is 32.1. The van der Waals surface area contributed by atoms with Gasteiger partial charge >= 0.3 is 6.09 Å². The number of carbonyl (C=O) groups is 2. The number of amides is 2. The topological polar surface area (TPSA) is 93.7 Å². The Labute approximate surface area is 196 Å². The standard InChI is InChI=1S/C24H26N4O4S/c1-15(29)26-22-27-21-18(6-5-7-19(21)33-22)31-20-14-17(8-11-25-20)16-9-12-28(13-10-16)23(30)32-24(2,3)4/h5-9,11,14H,10,12-13H2,1-4H3,(H,26,27,29). The molecule has 0 spiro atoms. The van der Waals surface area contributed by atoms with Crippen LogP contribution in [0.1, 0.15) is 39.7 Å². The van der Waals surface area contributed by atoms with Gasteiger partial charge in [-0.3, -0.25) is 4.79 Å². The Kier molecular flexibility index (Phi) is 6.33. The van der Waals surface area contributed by atoms with Gasteiger partial charge < -0.3 is 19.7 Å². The highest BCUT2D eigenvalue weighted by Gasteiger charge is 2.24. The summed E-state index contributed by atoms with van der Waals surface area (Å²) in [6, 6.07) is 9.45. The van der Waals surface area contributed by atoms with Gasteiger partial charge in [0.2, 0.25) is 11.8 Å². The molecule has 1 N–H and O–H groups in total. The number of fused-ring (bicyclic) bond motifs is 1. The molecule has 0 fully saturated rings. The lowest BCUT2D eigenvalue weighted by atomic mass is 10.0. The van der Waals surface area contributed by atoms with Crippen LogP contribution in [0, 0.1) is 0 Å². The van der Waals surface area contributed by atoms with Crippen LogP contribution in [-0.2, 0) is 9.53 Å². The van der Waals surface area contributed by atoms with Crippen LogP contribution in [0.15, 0.2) is 42.6 Å². The average molecular weight is 467 g/mol. The normalized spacial score (nSPS) is 14.1. The molecule has 0 radical (unpaired) electrons. The van der Waals surface area contributed by atoms with Gasteiger partial charge in [0.1, 0.15) is 11.1 Å². The summed E-state index contributed by atoms with van der Waals surface area (Å²) in [6.45, 7) is 8.12. The van der Waals surface area contributed by atoms with Crippen LogP contribution in [0.4, 0.5) is 9.93 Å². The summed E-state index contributed by atoms with van der Waals surface area (Å²) < 4.78 is 12.4. The fourth-order valence-corrected chi connectivity index (χ4v) is 4.34. The van der Waals surface area contributed by atoms with Gasteiger partial charge in [-0.15, -0.1) is 0 Å². The number of thiazole rings is 1. The van der Waals surface area contributed by atoms with E-state index in [1.54, 1.807) is 11.1 Å². The lowest BCUT2D eigenvalue weighted by Gasteiger charge is -2.29. The molecule has 1 aliphatic rings. The first-order valence-corrected chi connectivity index (χ1v) is 11.5. The molecule has 2 aromatic heterocycles. The van der Waals surface area contributed by atoms with Crippen LogP contribution < -0.4 is 10.1 Å². The Balaban J connectivity index is 1.50. The zero-order valence-electron chi connectivity index (χ0n) is 19.0. The molecular weight excluding hydrogens is 440 g/mol. The SMILES string of the molecule is CC(=O)Nc1nc2c(Oc3cc(C4=CCN(C(=O)OC(C)(C)C)CC4)ccn3)cccc2s1. The van der Waals surface area contributed by atoms with E-state index in [4.69, 9.17) is 9.47 Å². The third-order valence-corrected chi connectivity index (χ3v) is 5.78. The number of nitrogens with one attached hydrogen (secondary N) is 1. The number of rotatable bonds is 4. The van der Waals surface area contributed by atoms with Gasteiger partial charge in [-0.2, -0.15) is 0 Å². The number of carbonyl (C=O) groups excluding carboxylic acids is 2. The summed E-state index contributed by atoms with van der Waals surface area (Å²) in [7, 11) is 0. The Morgan fingerprint density at radius 2 is 2.03 bits per heavy atom. The number of para-hydroxylation sites is 1. The fraction of sp³-hybridized carbons (Fsp3) is 0.333. The van der Waals surface area contributed by atoms with Crippen molar-refractivity contribution < 1.29 is 19.1 Å². The van der Waals surface area contributed by atoms with Gasteiger partial charge in [-0.25, -0.2) is 14.8 Å². The number of nitrogens with zero attached hydrogens (tertiary/aromatic N) is 3. The van der Waals surface area contributed by atoms with E-state index in [0.29, 0.717) is 41.8 Å². The van der Waals surface area contributed by atoms with E-state index in [9.17, 15) is 9.59 Å². The molecular formula is C24H26N4O4S. The Morgan fingerprint density at radius 3 is 2.73 bits per heavy atom. The summed E-state index contributed by atoms with van der Waals surface area (Å²) in [5, 5.41) is 3.24. The highest BCUT2D eigenvalue weighted by molar-refractivity contribution is 7.22. The Hall–Kier alpha value is -3.46. The summed E-state index contributed by atoms with van der Waals surface area (Å²) in [5.74, 6) is 0.847. The molecule has 1 aliphatic heterocycles. The lowest BCUT2D eigenvalue weighted by Crippen LogP contribution is -2.39. The average Bonchev–Trinajstić information content (AvgIpc) is 3.16. The molecule has 9 heteroatoms. The first-order chi connectivity index (χ1) is 15.7. The molecule has 2 amide bonds. The molecule has 0 bridgehead atoms. The quantitative estimate of drug-likeness (QED) is 0.548. The first-order valence-electron chi connectivity index (χ1n) is 10.7. The van der Waals surface area contributed by atoms with Crippen LogP contribution in [0.5, 0.6) is 11.6 Å². The van der Waals surface area contributed by atoms with Gasteiger partial charge in [0.05, 0.1) is 4.70 Å². The number of anilines is 1. The van der Waals surface area contributed by atoms with E-state index in [2.05, 4.69) is 15.3 Å². The molecule has 4 rings (SSSR count). The number of aromatic nitrogens is 2. The Morgan fingerprint density at radius 1 is 1.21 bits per heavy atom. The van der Waals surface area contributed by atoms with Crippen molar-refractivity contribution in [2.24, 2.45) is 0 Å². The molecule has 0 aliphatic carbocycles. The molecule has 0 saturated carbocycles. The van der Waals surface area contributed by atoms with Crippen molar-refractivity contribution in [3.8, 4) is 11.6 Å². The number of hydrogen-bond donors (Lipinski definition) is 1. The number of benzene rings is 1. The number of ether oxygens (including phenoxy) is 2. The predicted octanol–water partition coefficient (Wildman–Crippen LogP) is 5.47. The van der Waals surface area contributed by atoms with E-state index in [0.717, 1.165) is 15.8 Å². The lowest BCUT2D eigenvalue weighted by molar-refractivity contribution is -0.114. The molecule has 33 heavy (non-hydrogen) atoms. The maximum absolute atomic E-state index is 12.3. The number of hydrogen-bond acceptors (Lipinski definition) is 7. The van der Waals surface area contributed by atoms with Crippen LogP contribution in [0.3, 0.4) is 0 Å². The molecule has 3 aromatic rings. The van der Waals surface area contributed by atoms with Gasteiger partial charge in [0.25, 0.3) is 0 Å². The second-order valence-corrected chi connectivity index (χ2v) is 9.72. The van der Waals surface area contributed by atoms with E-state index in [-0.39, 0.29) is 12.0 Å². The molecule has 0 unspecified atom stereocenters. The zero-order valence-corrected chi connectivity index (χ0v) is 19.9. The second-order valence-electron chi connectivity index (χ2n) is 8.69. The van der Waals surface area contributed by atoms with Crippen LogP contribution in [0.2, 0.25) is 0 Å². The predicted molar refractivity (Wildman–Crippen MR) is 129 cm³/mol. The van der Waals surface area contributed by atoms with Gasteiger partial charge in [-0.1, -0.05) is 23.5 Å². The third-order valence-electron chi connectivity index (χ3n) is 4.85. The summed E-state index contributed by atoms with van der Waals surface area (Å²) in [6.07, 6.45) is 4.15. The van der Waals surface area contributed by atoms with Crippen molar-refractivity contribution in [1.82, 2.24) is 14.9 Å². The van der Waals surface area contributed by atoms with Crippen LogP contribution >= 0.6 is 11.3 Å². The Bertz CT molecular complexity index is 1230. The molecule has 8 nitrogen and oxygen atoms in total. The first kappa shape index (κ1) is 22.7. The van der Waals surface area contributed by atoms with Gasteiger partial charge in [0, 0.05) is 32.3 Å². The van der Waals surface area contributed by atoms with Crippen LogP contribution in [0.25, 0.3) is 15.8 Å². The molecule has 0 atom stereocenters. The summed E-state index contributed by atoms with van der Waals surface area (Å²) >= 11 is 1.39. The molecule has 3 heterocycles. The minimum atomic E-state index is -0.512. The van der Waals surface area contributed by atoms with Crippen molar-refractivity contribution in [3.05, 3.63) is 48.2 Å². The zero-order chi connectivity index (χ0) is 23.6. The van der Waals surface area contributed by atoms with E-state index >= 15 is 0 Å². The van der Waals surface area contributed by atoms with E-state index in [1.165, 1.54) is 18.3 Å². The van der Waals surface area contributed by atoms with Crippen molar-refractivity contribution in [2.75, 3.05) is 18.4 Å². The molecule has 172 valence electrons. The van der Waals surface area contributed by atoms with Crippen molar-refractivity contribution in [3.63, 3.8) is 0 Å². The fourth-order valence-electron chi connectivity index (χ4n) is 3.41. The minimum absolute atomic E-state index is 0.170. The molecule has 0 saturated heterocycles. The largest absolute Gasteiger partial charge is 0.444 e. The minimum Gasteiger partial charge on any atom is -0.444 e. The third kappa shape index (κ3) is 5.67. The van der Waals surface area contributed by atoms with Gasteiger partial charge in [-0.05, 0) is 56.5 Å². The molecule has 1 aromatic carbocycles. The van der Waals surface area contributed by atoms with Crippen molar-refractivity contribution in [1.29, 1.82) is 0 Å². The van der Waals surface area contributed by atoms with Gasteiger partial charge in [0.15, 0.2) is 10.9 Å². The van der Waals surface area contributed by atoms with Crippen LogP contribution in [-0.4, -0.2) is 45.6 Å². The monoisotopic (exact) mass is 466 g/mol. The smallest absolute Gasteiger partial charge is 0.410 e. The van der Waals surface area contributed by atoms with Crippen molar-refractivity contribution in [2.45, 2.75) is 39.7 Å². The van der Waals surface area contributed by atoms with E-state index in [1.807, 2.05) is 57.2 Å². The summed E-state index contributed by atoms with van der Waals surface area (Å²) in [4.78, 5) is 34.2. The number of pyridine rings is 1. The van der Waals surface area contributed by atoms with Crippen molar-refractivity contribution >= 4 is 44.3 Å². The summed E-state index contributed by atoms with van der Waals surface area (Å²) in [5.41, 5.74) is 2.28.